The highest BCUT2D eigenvalue weighted by molar-refractivity contribution is 5.80. The molecular weight excluding hydrogens is 334 g/mol. The maximum absolute atomic E-state index is 11.2. The minimum atomic E-state index is -0.286. The van der Waals surface area contributed by atoms with Gasteiger partial charge in [-0.05, 0) is 46.9 Å². The molecule has 2 N–H and O–H groups in total. The number of nitrogens with two attached hydrogens (primary N) is 1. The number of nitrogens with zero attached hydrogens (tertiary/aromatic N) is 2. The fourth-order valence-corrected chi connectivity index (χ4v) is 3.43. The van der Waals surface area contributed by atoms with Gasteiger partial charge in [-0.3, -0.25) is 9.36 Å². The highest BCUT2D eigenvalue weighted by Crippen LogP contribution is 2.27. The molecule has 4 aromatic rings. The largest absolute Gasteiger partial charge is 0.370 e. The van der Waals surface area contributed by atoms with Crippen molar-refractivity contribution in [2.45, 2.75) is 19.3 Å². The lowest BCUT2D eigenvalue weighted by Crippen LogP contribution is -2.13. The van der Waals surface area contributed by atoms with Crippen LogP contribution in [0.1, 0.15) is 24.8 Å². The Morgan fingerprint density at radius 3 is 2.56 bits per heavy atom. The molecule has 1 aromatic heterocycles. The predicted octanol–water partition coefficient (Wildman–Crippen LogP) is 4.67. The fourth-order valence-electron chi connectivity index (χ4n) is 3.43. The zero-order valence-corrected chi connectivity index (χ0v) is 15.2. The van der Waals surface area contributed by atoms with E-state index < -0.39 is 0 Å². The SMILES string of the molecule is CC(CC(N)=O)c1ccc2c(c1)ncn2-c1cccc(-c2ccccc2)c1. The number of primary amides is 1. The number of rotatable bonds is 5. The molecule has 1 amide bonds. The minimum Gasteiger partial charge on any atom is -0.370 e. The molecule has 0 spiro atoms. The van der Waals surface area contributed by atoms with E-state index in [1.54, 1.807) is 0 Å². The number of carbonyl (C=O) groups excluding carboxylic acids is 1. The highest BCUT2D eigenvalue weighted by Gasteiger charge is 2.12. The number of hydrogen-bond acceptors (Lipinski definition) is 2. The molecule has 4 heteroatoms. The molecule has 134 valence electrons. The van der Waals surface area contributed by atoms with Gasteiger partial charge in [-0.1, -0.05) is 55.5 Å². The van der Waals surface area contributed by atoms with Crippen molar-refractivity contribution in [3.63, 3.8) is 0 Å². The van der Waals surface area contributed by atoms with Gasteiger partial charge < -0.3 is 5.73 Å². The monoisotopic (exact) mass is 355 g/mol. The first-order chi connectivity index (χ1) is 13.1. The van der Waals surface area contributed by atoms with Crippen LogP contribution in [0, 0.1) is 0 Å². The number of amides is 1. The number of carbonyl (C=O) groups is 1. The Labute approximate surface area is 158 Å². The molecule has 3 aromatic carbocycles. The van der Waals surface area contributed by atoms with Crippen LogP contribution in [0.25, 0.3) is 27.8 Å². The van der Waals surface area contributed by atoms with Crippen molar-refractivity contribution in [3.05, 3.63) is 84.7 Å². The third-order valence-corrected chi connectivity index (χ3v) is 4.88. The summed E-state index contributed by atoms with van der Waals surface area (Å²) in [5.41, 5.74) is 11.8. The third-order valence-electron chi connectivity index (χ3n) is 4.88. The first-order valence-corrected chi connectivity index (χ1v) is 9.03. The van der Waals surface area contributed by atoms with Gasteiger partial charge in [0.1, 0.15) is 6.33 Å². The minimum absolute atomic E-state index is 0.0819. The lowest BCUT2D eigenvalue weighted by molar-refractivity contribution is -0.118. The zero-order chi connectivity index (χ0) is 18.8. The second kappa shape index (κ2) is 7.08. The van der Waals surface area contributed by atoms with E-state index in [1.165, 1.54) is 11.1 Å². The topological polar surface area (TPSA) is 60.9 Å². The molecule has 4 nitrogen and oxygen atoms in total. The molecule has 0 radical (unpaired) electrons. The van der Waals surface area contributed by atoms with E-state index in [9.17, 15) is 4.79 Å². The first-order valence-electron chi connectivity index (χ1n) is 9.03. The van der Waals surface area contributed by atoms with Gasteiger partial charge in [-0.2, -0.15) is 0 Å². The van der Waals surface area contributed by atoms with Crippen LogP contribution in [0.3, 0.4) is 0 Å². The summed E-state index contributed by atoms with van der Waals surface area (Å²) < 4.78 is 2.09. The van der Waals surface area contributed by atoms with Crippen molar-refractivity contribution in [3.8, 4) is 16.8 Å². The Bertz CT molecular complexity index is 1100. The Kier molecular flexibility index (Phi) is 4.47. The smallest absolute Gasteiger partial charge is 0.218 e. The van der Waals surface area contributed by atoms with E-state index in [4.69, 9.17) is 5.73 Å². The van der Waals surface area contributed by atoms with E-state index in [0.29, 0.717) is 6.42 Å². The van der Waals surface area contributed by atoms with Gasteiger partial charge in [-0.15, -0.1) is 0 Å². The molecule has 0 bridgehead atoms. The maximum Gasteiger partial charge on any atom is 0.218 e. The Balaban J connectivity index is 1.72. The van der Waals surface area contributed by atoms with E-state index >= 15 is 0 Å². The van der Waals surface area contributed by atoms with Crippen LogP contribution in [0.5, 0.6) is 0 Å². The van der Waals surface area contributed by atoms with Crippen LogP contribution in [0.15, 0.2) is 79.1 Å². The van der Waals surface area contributed by atoms with E-state index in [1.807, 2.05) is 37.5 Å². The summed E-state index contributed by atoms with van der Waals surface area (Å²) in [4.78, 5) is 15.8. The molecule has 4 rings (SSSR count). The summed E-state index contributed by atoms with van der Waals surface area (Å²) in [7, 11) is 0. The average Bonchev–Trinajstić information content (AvgIpc) is 3.11. The summed E-state index contributed by atoms with van der Waals surface area (Å²) in [6, 6.07) is 24.9. The van der Waals surface area contributed by atoms with Crippen LogP contribution >= 0.6 is 0 Å². The van der Waals surface area contributed by atoms with E-state index in [-0.39, 0.29) is 11.8 Å². The molecule has 1 heterocycles. The zero-order valence-electron chi connectivity index (χ0n) is 15.2. The maximum atomic E-state index is 11.2. The normalized spacial score (nSPS) is 12.2. The van der Waals surface area contributed by atoms with Gasteiger partial charge in [0.15, 0.2) is 0 Å². The molecular formula is C23H21N3O. The summed E-state index contributed by atoms with van der Waals surface area (Å²) in [6.45, 7) is 2.01. The molecule has 0 aliphatic heterocycles. The molecule has 0 aliphatic carbocycles. The van der Waals surface area contributed by atoms with Gasteiger partial charge in [-0.25, -0.2) is 4.98 Å². The Hall–Kier alpha value is -3.40. The quantitative estimate of drug-likeness (QED) is 0.565. The molecule has 0 saturated heterocycles. The van der Waals surface area contributed by atoms with Gasteiger partial charge >= 0.3 is 0 Å². The standard InChI is InChI=1S/C23H21N3O/c1-16(12-23(24)27)18-10-11-22-21(14-18)25-15-26(22)20-9-5-8-19(13-20)17-6-3-2-4-7-17/h2-11,13-16H,12H2,1H3,(H2,24,27). The number of benzene rings is 3. The third kappa shape index (κ3) is 3.47. The lowest BCUT2D eigenvalue weighted by atomic mass is 9.97. The molecule has 0 aliphatic rings. The lowest BCUT2D eigenvalue weighted by Gasteiger charge is -2.11. The Morgan fingerprint density at radius 2 is 1.78 bits per heavy atom. The van der Waals surface area contributed by atoms with Gasteiger partial charge in [0, 0.05) is 12.1 Å². The summed E-state index contributed by atoms with van der Waals surface area (Å²) in [5.74, 6) is -0.204. The number of imidazole rings is 1. The Morgan fingerprint density at radius 1 is 1.00 bits per heavy atom. The van der Waals surface area contributed by atoms with Crippen molar-refractivity contribution in [1.29, 1.82) is 0 Å². The van der Waals surface area contributed by atoms with Crippen molar-refractivity contribution in [1.82, 2.24) is 9.55 Å². The van der Waals surface area contributed by atoms with Crippen LogP contribution in [-0.2, 0) is 4.79 Å². The number of aromatic nitrogens is 2. The molecule has 0 fully saturated rings. The molecule has 1 atom stereocenters. The number of hydrogen-bond donors (Lipinski definition) is 1. The van der Waals surface area contributed by atoms with Gasteiger partial charge in [0.2, 0.25) is 5.91 Å². The highest BCUT2D eigenvalue weighted by atomic mass is 16.1. The molecule has 0 saturated carbocycles. The van der Waals surface area contributed by atoms with Crippen LogP contribution in [0.4, 0.5) is 0 Å². The first kappa shape index (κ1) is 17.0. The van der Waals surface area contributed by atoms with Crippen molar-refractivity contribution in [2.75, 3.05) is 0 Å². The molecule has 1 unspecified atom stereocenters. The summed E-state index contributed by atoms with van der Waals surface area (Å²) in [6.07, 6.45) is 2.18. The van der Waals surface area contributed by atoms with Gasteiger partial charge in [0.25, 0.3) is 0 Å². The molecule has 27 heavy (non-hydrogen) atoms. The van der Waals surface area contributed by atoms with Crippen molar-refractivity contribution >= 4 is 16.9 Å². The average molecular weight is 355 g/mol. The van der Waals surface area contributed by atoms with Crippen molar-refractivity contribution in [2.24, 2.45) is 5.73 Å². The van der Waals surface area contributed by atoms with Crippen LogP contribution in [0.2, 0.25) is 0 Å². The van der Waals surface area contributed by atoms with E-state index in [0.717, 1.165) is 22.3 Å². The number of fused-ring (bicyclic) bond motifs is 1. The van der Waals surface area contributed by atoms with Crippen LogP contribution < -0.4 is 5.73 Å². The second-order valence-corrected chi connectivity index (χ2v) is 6.85. The predicted molar refractivity (Wildman–Crippen MR) is 109 cm³/mol. The second-order valence-electron chi connectivity index (χ2n) is 6.85. The van der Waals surface area contributed by atoms with E-state index in [2.05, 4.69) is 58.1 Å². The van der Waals surface area contributed by atoms with Crippen LogP contribution in [-0.4, -0.2) is 15.5 Å². The fraction of sp³-hybridized carbons (Fsp3) is 0.130. The van der Waals surface area contributed by atoms with Gasteiger partial charge in [0.05, 0.1) is 11.0 Å². The van der Waals surface area contributed by atoms with Crippen molar-refractivity contribution < 1.29 is 4.79 Å². The summed E-state index contributed by atoms with van der Waals surface area (Å²) >= 11 is 0. The summed E-state index contributed by atoms with van der Waals surface area (Å²) in [5, 5.41) is 0.